The molecule has 7 nitrogen and oxygen atoms in total. The van der Waals surface area contributed by atoms with Crippen LogP contribution in [0.2, 0.25) is 0 Å². The predicted molar refractivity (Wildman–Crippen MR) is 132 cm³/mol. The van der Waals surface area contributed by atoms with Crippen LogP contribution in [0.25, 0.3) is 21.5 Å². The normalized spacial score (nSPS) is 16.5. The Bertz CT molecular complexity index is 1470. The van der Waals surface area contributed by atoms with E-state index in [0.29, 0.717) is 49.9 Å². The fourth-order valence-corrected chi connectivity index (χ4v) is 6.30. The van der Waals surface area contributed by atoms with E-state index in [0.717, 1.165) is 29.5 Å². The van der Waals surface area contributed by atoms with Crippen molar-refractivity contribution in [1.82, 2.24) is 19.8 Å². The first-order chi connectivity index (χ1) is 17.1. The van der Waals surface area contributed by atoms with Gasteiger partial charge in [-0.05, 0) is 55.5 Å². The minimum absolute atomic E-state index is 0.0401. The Balaban J connectivity index is 1.11. The van der Waals surface area contributed by atoms with Gasteiger partial charge in [-0.25, -0.2) is 9.37 Å². The number of hydrogen-bond acceptors (Lipinski definition) is 6. The minimum atomic E-state index is -0.387. The highest BCUT2D eigenvalue weighted by atomic mass is 32.1. The molecule has 6 rings (SSSR count). The van der Waals surface area contributed by atoms with E-state index in [1.165, 1.54) is 22.9 Å². The number of nitrogens with zero attached hydrogens (tertiary/aromatic N) is 3. The maximum Gasteiger partial charge on any atom is 0.289 e. The van der Waals surface area contributed by atoms with E-state index >= 15 is 0 Å². The smallest absolute Gasteiger partial charge is 0.289 e. The van der Waals surface area contributed by atoms with Gasteiger partial charge in [0.2, 0.25) is 0 Å². The molecule has 180 valence electrons. The Kier molecular flexibility index (Phi) is 5.74. The molecule has 0 unspecified atom stereocenters. The highest BCUT2D eigenvalue weighted by molar-refractivity contribution is 7.18. The minimum Gasteiger partial charge on any atom is -0.451 e. The third-order valence-corrected chi connectivity index (χ3v) is 8.05. The second-order valence-corrected chi connectivity index (χ2v) is 10.2. The summed E-state index contributed by atoms with van der Waals surface area (Å²) >= 11 is 1.66. The van der Waals surface area contributed by atoms with Crippen molar-refractivity contribution in [3.05, 3.63) is 74.6 Å². The van der Waals surface area contributed by atoms with E-state index in [9.17, 15) is 14.0 Å². The number of nitrogens with one attached hydrogen (secondary N) is 1. The highest BCUT2D eigenvalue weighted by Gasteiger charge is 2.26. The lowest BCUT2D eigenvalue weighted by Crippen LogP contribution is -2.48. The molecule has 9 heteroatoms. The third kappa shape index (κ3) is 4.19. The van der Waals surface area contributed by atoms with Crippen molar-refractivity contribution < 1.29 is 13.6 Å². The zero-order valence-electron chi connectivity index (χ0n) is 19.2. The van der Waals surface area contributed by atoms with Gasteiger partial charge in [-0.3, -0.25) is 14.5 Å². The van der Waals surface area contributed by atoms with Crippen molar-refractivity contribution in [1.29, 1.82) is 0 Å². The molecule has 1 saturated heterocycles. The molecule has 0 radical (unpaired) electrons. The summed E-state index contributed by atoms with van der Waals surface area (Å²) in [6.45, 7) is 2.93. The number of aromatic amines is 1. The van der Waals surface area contributed by atoms with E-state index in [4.69, 9.17) is 9.40 Å². The molecule has 1 fully saturated rings. The van der Waals surface area contributed by atoms with Gasteiger partial charge < -0.3 is 14.3 Å². The highest BCUT2D eigenvalue weighted by Crippen LogP contribution is 2.33. The van der Waals surface area contributed by atoms with Crippen molar-refractivity contribution in [3.8, 4) is 11.3 Å². The number of aryl methyl sites for hydroxylation is 2. The van der Waals surface area contributed by atoms with Crippen LogP contribution in [0.4, 0.5) is 4.39 Å². The van der Waals surface area contributed by atoms with Crippen LogP contribution >= 0.6 is 11.3 Å². The van der Waals surface area contributed by atoms with Crippen LogP contribution in [-0.2, 0) is 19.4 Å². The molecule has 1 amide bonds. The number of thiophene rings is 1. The molecule has 1 aliphatic heterocycles. The Morgan fingerprint density at radius 3 is 2.71 bits per heavy atom. The molecule has 35 heavy (non-hydrogen) atoms. The average Bonchev–Trinajstić information content (AvgIpc) is 3.49. The number of aromatic nitrogens is 2. The van der Waals surface area contributed by atoms with Crippen molar-refractivity contribution in [2.75, 3.05) is 26.2 Å². The maximum absolute atomic E-state index is 14.0. The zero-order valence-corrected chi connectivity index (χ0v) is 20.0. The maximum atomic E-state index is 14.0. The van der Waals surface area contributed by atoms with Gasteiger partial charge in [0.1, 0.15) is 22.2 Å². The Morgan fingerprint density at radius 1 is 1.09 bits per heavy atom. The molecule has 2 aliphatic rings. The number of furan rings is 1. The van der Waals surface area contributed by atoms with Gasteiger partial charge in [0, 0.05) is 31.1 Å². The third-order valence-electron chi connectivity index (χ3n) is 6.86. The number of hydrogen-bond donors (Lipinski definition) is 1. The van der Waals surface area contributed by atoms with Gasteiger partial charge in [0.25, 0.3) is 11.5 Å². The average molecular weight is 493 g/mol. The monoisotopic (exact) mass is 492 g/mol. The molecular formula is C26H25FN4O3S. The van der Waals surface area contributed by atoms with Crippen molar-refractivity contribution in [2.45, 2.75) is 32.2 Å². The lowest BCUT2D eigenvalue weighted by molar-refractivity contribution is 0.0596. The molecule has 4 aromatic rings. The Morgan fingerprint density at radius 2 is 1.89 bits per heavy atom. The molecule has 0 bridgehead atoms. The quantitative estimate of drug-likeness (QED) is 0.461. The summed E-state index contributed by atoms with van der Waals surface area (Å²) in [5, 5.41) is 0.775. The lowest BCUT2D eigenvalue weighted by Gasteiger charge is -2.33. The van der Waals surface area contributed by atoms with Crippen molar-refractivity contribution in [3.63, 3.8) is 0 Å². The van der Waals surface area contributed by atoms with Gasteiger partial charge in [-0.1, -0.05) is 12.1 Å². The summed E-state index contributed by atoms with van der Waals surface area (Å²) in [5.74, 6) is 0.619. The fraction of sp³-hybridized carbons (Fsp3) is 0.346. The number of carbonyl (C=O) groups is 1. The molecule has 3 aromatic heterocycles. The largest absolute Gasteiger partial charge is 0.451 e. The van der Waals surface area contributed by atoms with Crippen molar-refractivity contribution in [2.24, 2.45) is 0 Å². The van der Waals surface area contributed by atoms with E-state index in [-0.39, 0.29) is 23.0 Å². The van der Waals surface area contributed by atoms with Crippen molar-refractivity contribution >= 4 is 27.5 Å². The number of amides is 1. The van der Waals surface area contributed by atoms with Crippen LogP contribution in [0.15, 0.2) is 45.6 Å². The number of H-pyrrole nitrogens is 1. The first-order valence-corrected chi connectivity index (χ1v) is 12.8. The van der Waals surface area contributed by atoms with Crippen LogP contribution in [-0.4, -0.2) is 51.9 Å². The van der Waals surface area contributed by atoms with Crippen LogP contribution in [0.1, 0.15) is 39.7 Å². The number of rotatable bonds is 4. The van der Waals surface area contributed by atoms with Crippen LogP contribution in [0, 0.1) is 5.82 Å². The van der Waals surface area contributed by atoms with Gasteiger partial charge in [0.05, 0.1) is 17.5 Å². The predicted octanol–water partition coefficient (Wildman–Crippen LogP) is 4.22. The Labute approximate surface area is 205 Å². The molecule has 0 spiro atoms. The number of benzene rings is 1. The van der Waals surface area contributed by atoms with E-state index in [1.54, 1.807) is 46.6 Å². The second-order valence-electron chi connectivity index (χ2n) is 9.12. The van der Waals surface area contributed by atoms with Crippen LogP contribution in [0.5, 0.6) is 0 Å². The summed E-state index contributed by atoms with van der Waals surface area (Å²) in [6, 6.07) is 9.56. The Hall–Kier alpha value is -3.30. The van der Waals surface area contributed by atoms with Crippen LogP contribution < -0.4 is 5.56 Å². The first kappa shape index (κ1) is 22.2. The SMILES string of the molecule is O=C(c1ccc(-c2ccccc2F)o1)N1CCN(Cc2nc3sc4c(c3c(=O)[nH]2)CCCC4)CC1. The van der Waals surface area contributed by atoms with Gasteiger partial charge in [-0.15, -0.1) is 11.3 Å². The van der Waals surface area contributed by atoms with Gasteiger partial charge in [0.15, 0.2) is 5.76 Å². The van der Waals surface area contributed by atoms with E-state index in [1.807, 2.05) is 0 Å². The topological polar surface area (TPSA) is 82.4 Å². The van der Waals surface area contributed by atoms with Gasteiger partial charge >= 0.3 is 0 Å². The van der Waals surface area contributed by atoms with Gasteiger partial charge in [-0.2, -0.15) is 0 Å². The first-order valence-electron chi connectivity index (χ1n) is 12.0. The van der Waals surface area contributed by atoms with E-state index in [2.05, 4.69) is 9.88 Å². The van der Waals surface area contributed by atoms with Crippen LogP contribution in [0.3, 0.4) is 0 Å². The second kappa shape index (κ2) is 9.05. The molecule has 1 N–H and O–H groups in total. The molecule has 0 saturated carbocycles. The summed E-state index contributed by atoms with van der Waals surface area (Å²) in [6.07, 6.45) is 4.31. The molecule has 1 aliphatic carbocycles. The van der Waals surface area contributed by atoms with E-state index < -0.39 is 0 Å². The summed E-state index contributed by atoms with van der Waals surface area (Å²) in [7, 11) is 0. The zero-order chi connectivity index (χ0) is 23.9. The lowest BCUT2D eigenvalue weighted by atomic mass is 9.97. The number of carbonyl (C=O) groups excluding carboxylic acids is 1. The summed E-state index contributed by atoms with van der Waals surface area (Å²) in [4.78, 5) is 39.6. The molecule has 4 heterocycles. The summed E-state index contributed by atoms with van der Waals surface area (Å²) in [5.41, 5.74) is 1.49. The molecular weight excluding hydrogens is 467 g/mol. The number of piperazine rings is 1. The molecule has 0 atom stereocenters. The number of fused-ring (bicyclic) bond motifs is 3. The summed E-state index contributed by atoms with van der Waals surface area (Å²) < 4.78 is 19.7. The number of halogens is 1. The fourth-order valence-electron chi connectivity index (χ4n) is 5.02. The standard InChI is InChI=1S/C26H25FN4O3S/c27-18-7-3-1-5-16(18)19-9-10-20(34-19)26(33)31-13-11-30(12-14-31)15-22-28-24(32)23-17-6-2-4-8-21(17)35-25(23)29-22/h1,3,5,7,9-10H,2,4,6,8,11-15H2,(H,28,29,32). The molecule has 1 aromatic carbocycles.